The molecule has 126 valence electrons. The van der Waals surface area contributed by atoms with Gasteiger partial charge in [0.05, 0.1) is 4.47 Å². The van der Waals surface area contributed by atoms with Crippen molar-refractivity contribution in [3.63, 3.8) is 0 Å². The Balaban J connectivity index is 2.33. The fraction of sp³-hybridized carbons (Fsp3) is 0.278. The first-order chi connectivity index (χ1) is 12.1. The van der Waals surface area contributed by atoms with E-state index < -0.39 is 5.82 Å². The Bertz CT molecular complexity index is 907. The van der Waals surface area contributed by atoms with Gasteiger partial charge in [-0.25, -0.2) is 9.37 Å². The Morgan fingerprint density at radius 3 is 2.44 bits per heavy atom. The van der Waals surface area contributed by atoms with E-state index in [4.69, 9.17) is 5.73 Å². The van der Waals surface area contributed by atoms with Crippen LogP contribution < -0.4 is 10.6 Å². The molecule has 0 amide bonds. The highest BCUT2D eigenvalue weighted by Crippen LogP contribution is 2.38. The van der Waals surface area contributed by atoms with Crippen molar-refractivity contribution < 1.29 is 4.39 Å². The minimum atomic E-state index is -0.536. The first-order valence-corrected chi connectivity index (χ1v) is 8.70. The molecule has 0 radical (unpaired) electrons. The first-order valence-electron chi connectivity index (χ1n) is 7.91. The smallest absolute Gasteiger partial charge is 0.149 e. The third kappa shape index (κ3) is 3.04. The Morgan fingerprint density at radius 2 is 1.80 bits per heavy atom. The fourth-order valence-corrected chi connectivity index (χ4v) is 3.48. The summed E-state index contributed by atoms with van der Waals surface area (Å²) in [6.07, 6.45) is 3.11. The second-order valence-corrected chi connectivity index (χ2v) is 6.67. The van der Waals surface area contributed by atoms with Crippen LogP contribution >= 0.6 is 15.9 Å². The number of nitrogens with zero attached hydrogens (tertiary/aromatic N) is 4. The number of nitrogens with two attached hydrogens (primary N) is 1. The van der Waals surface area contributed by atoms with Crippen LogP contribution in [0.4, 0.5) is 16.0 Å². The SMILES string of the molecule is N#Cc1c(N)nc(N2CCCCC2)c(C#N)c1-c1cccc(Br)c1F. The molecule has 0 bridgehead atoms. The molecule has 3 rings (SSSR count). The van der Waals surface area contributed by atoms with E-state index in [-0.39, 0.29) is 32.5 Å². The lowest BCUT2D eigenvalue weighted by molar-refractivity contribution is 0.573. The van der Waals surface area contributed by atoms with Gasteiger partial charge in [0.1, 0.15) is 40.7 Å². The van der Waals surface area contributed by atoms with Crippen molar-refractivity contribution in [2.24, 2.45) is 0 Å². The van der Waals surface area contributed by atoms with Crippen molar-refractivity contribution in [2.45, 2.75) is 19.3 Å². The second kappa shape index (κ2) is 7.08. The number of nitrogen functional groups attached to an aromatic ring is 1. The maximum Gasteiger partial charge on any atom is 0.149 e. The average molecular weight is 400 g/mol. The van der Waals surface area contributed by atoms with Gasteiger partial charge in [-0.2, -0.15) is 10.5 Å². The number of hydrogen-bond donors (Lipinski definition) is 1. The Morgan fingerprint density at radius 1 is 1.12 bits per heavy atom. The molecular weight excluding hydrogens is 385 g/mol. The summed E-state index contributed by atoms with van der Waals surface area (Å²) in [7, 11) is 0. The molecule has 0 saturated carbocycles. The number of anilines is 2. The first kappa shape index (κ1) is 17.2. The number of halogens is 2. The van der Waals surface area contributed by atoms with Crippen LogP contribution in [0.3, 0.4) is 0 Å². The summed E-state index contributed by atoms with van der Waals surface area (Å²) in [6.45, 7) is 1.51. The molecule has 5 nitrogen and oxygen atoms in total. The minimum Gasteiger partial charge on any atom is -0.383 e. The van der Waals surface area contributed by atoms with Crippen LogP contribution in [-0.2, 0) is 0 Å². The largest absolute Gasteiger partial charge is 0.383 e. The highest BCUT2D eigenvalue weighted by atomic mass is 79.9. The fourth-order valence-electron chi connectivity index (χ4n) is 3.11. The standard InChI is InChI=1S/C18H15BrFN5/c19-14-6-4-5-11(16(14)20)15-12(9-21)17(23)24-18(13(15)10-22)25-7-2-1-3-8-25/h4-6H,1-3,7-8H2,(H2,23,24). The van der Waals surface area contributed by atoms with Crippen molar-refractivity contribution in [3.05, 3.63) is 39.6 Å². The molecule has 1 aromatic heterocycles. The molecule has 1 aliphatic heterocycles. The highest BCUT2D eigenvalue weighted by Gasteiger charge is 2.26. The summed E-state index contributed by atoms with van der Waals surface area (Å²) >= 11 is 3.15. The zero-order valence-electron chi connectivity index (χ0n) is 13.4. The van der Waals surface area contributed by atoms with E-state index in [9.17, 15) is 14.9 Å². The molecule has 1 saturated heterocycles. The molecule has 1 fully saturated rings. The van der Waals surface area contributed by atoms with E-state index in [0.717, 1.165) is 32.4 Å². The van der Waals surface area contributed by atoms with Gasteiger partial charge in [-0.15, -0.1) is 0 Å². The number of nitriles is 2. The molecule has 0 aliphatic carbocycles. The van der Waals surface area contributed by atoms with Gasteiger partial charge >= 0.3 is 0 Å². The third-order valence-electron chi connectivity index (χ3n) is 4.31. The molecule has 1 aromatic carbocycles. The van der Waals surface area contributed by atoms with Crippen LogP contribution in [0.1, 0.15) is 30.4 Å². The molecule has 2 N–H and O–H groups in total. The van der Waals surface area contributed by atoms with Crippen LogP contribution in [-0.4, -0.2) is 18.1 Å². The maximum atomic E-state index is 14.7. The molecule has 2 heterocycles. The summed E-state index contributed by atoms with van der Waals surface area (Å²) in [5, 5.41) is 19.3. The van der Waals surface area contributed by atoms with Crippen LogP contribution in [0.15, 0.2) is 22.7 Å². The maximum absolute atomic E-state index is 14.7. The number of aromatic nitrogens is 1. The molecule has 1 aliphatic rings. The third-order valence-corrected chi connectivity index (χ3v) is 4.92. The van der Waals surface area contributed by atoms with Gasteiger partial charge < -0.3 is 10.6 Å². The number of hydrogen-bond acceptors (Lipinski definition) is 5. The van der Waals surface area contributed by atoms with Crippen molar-refractivity contribution >= 4 is 27.6 Å². The zero-order valence-corrected chi connectivity index (χ0v) is 15.0. The number of rotatable bonds is 2. The van der Waals surface area contributed by atoms with E-state index in [0.29, 0.717) is 5.82 Å². The molecular formula is C18H15BrFN5. The molecule has 25 heavy (non-hydrogen) atoms. The van der Waals surface area contributed by atoms with Crippen LogP contribution in [0.25, 0.3) is 11.1 Å². The Kier molecular flexibility index (Phi) is 4.87. The second-order valence-electron chi connectivity index (χ2n) is 5.82. The van der Waals surface area contributed by atoms with Gasteiger partial charge in [-0.05, 0) is 41.3 Å². The lowest BCUT2D eigenvalue weighted by Crippen LogP contribution is -2.31. The van der Waals surface area contributed by atoms with E-state index in [1.54, 1.807) is 12.1 Å². The van der Waals surface area contributed by atoms with E-state index in [2.05, 4.69) is 27.0 Å². The Labute approximate surface area is 153 Å². The van der Waals surface area contributed by atoms with E-state index in [1.165, 1.54) is 6.07 Å². The number of piperidine rings is 1. The highest BCUT2D eigenvalue weighted by molar-refractivity contribution is 9.10. The van der Waals surface area contributed by atoms with E-state index >= 15 is 0 Å². The summed E-state index contributed by atoms with van der Waals surface area (Å²) < 4.78 is 14.9. The summed E-state index contributed by atoms with van der Waals surface area (Å²) in [5.41, 5.74) is 6.56. The molecule has 2 aromatic rings. The van der Waals surface area contributed by atoms with Crippen LogP contribution in [0.2, 0.25) is 0 Å². The Hall–Kier alpha value is -2.64. The van der Waals surface area contributed by atoms with Crippen molar-refractivity contribution in [2.75, 3.05) is 23.7 Å². The summed E-state index contributed by atoms with van der Waals surface area (Å²) in [4.78, 5) is 6.29. The quantitative estimate of drug-likeness (QED) is 0.824. The van der Waals surface area contributed by atoms with Gasteiger partial charge in [0, 0.05) is 24.2 Å². The monoisotopic (exact) mass is 399 g/mol. The zero-order chi connectivity index (χ0) is 18.0. The van der Waals surface area contributed by atoms with Gasteiger partial charge in [-0.1, -0.05) is 12.1 Å². The predicted octanol–water partition coefficient (Wildman–Crippen LogP) is 3.97. The van der Waals surface area contributed by atoms with Crippen molar-refractivity contribution in [1.29, 1.82) is 10.5 Å². The van der Waals surface area contributed by atoms with Gasteiger partial charge in [0.2, 0.25) is 0 Å². The number of benzene rings is 1. The lowest BCUT2D eigenvalue weighted by atomic mass is 9.95. The number of pyridine rings is 1. The topological polar surface area (TPSA) is 89.7 Å². The summed E-state index contributed by atoms with van der Waals surface area (Å²) in [5.74, 6) is -0.102. The van der Waals surface area contributed by atoms with E-state index in [1.807, 2.05) is 11.0 Å². The molecule has 0 spiro atoms. The average Bonchev–Trinajstić information content (AvgIpc) is 2.64. The van der Waals surface area contributed by atoms with Crippen LogP contribution in [0.5, 0.6) is 0 Å². The summed E-state index contributed by atoms with van der Waals surface area (Å²) in [6, 6.07) is 8.85. The van der Waals surface area contributed by atoms with Gasteiger partial charge in [-0.3, -0.25) is 0 Å². The van der Waals surface area contributed by atoms with Crippen LogP contribution in [0, 0.1) is 28.5 Å². The van der Waals surface area contributed by atoms with Crippen molar-refractivity contribution in [1.82, 2.24) is 4.98 Å². The molecule has 0 atom stereocenters. The predicted molar refractivity (Wildman–Crippen MR) is 97.2 cm³/mol. The van der Waals surface area contributed by atoms with Gasteiger partial charge in [0.15, 0.2) is 0 Å². The minimum absolute atomic E-state index is 0.0106. The lowest BCUT2D eigenvalue weighted by Gasteiger charge is -2.29. The van der Waals surface area contributed by atoms with Crippen molar-refractivity contribution in [3.8, 4) is 23.3 Å². The normalized spacial score (nSPS) is 14.0. The molecule has 7 heteroatoms. The van der Waals surface area contributed by atoms with Gasteiger partial charge in [0.25, 0.3) is 0 Å². The molecule has 0 unspecified atom stereocenters.